The topological polar surface area (TPSA) is 111 Å². The van der Waals surface area contributed by atoms with Crippen molar-refractivity contribution in [2.45, 2.75) is 52.5 Å². The summed E-state index contributed by atoms with van der Waals surface area (Å²) < 4.78 is 42.1. The Bertz CT molecular complexity index is 1540. The highest BCUT2D eigenvalue weighted by molar-refractivity contribution is 5.97. The Morgan fingerprint density at radius 2 is 1.90 bits per heavy atom. The van der Waals surface area contributed by atoms with Crippen LogP contribution in [0, 0.1) is 23.0 Å². The van der Waals surface area contributed by atoms with Gasteiger partial charge in [0.05, 0.1) is 50.6 Å². The standard InChI is InChI=1S/C29H33F2N5O5/c1-19(2)41-33-20(3)24-17-35(18-27(40-14-8-13-32)23-15-22(30)11-12-26(23)39-5)29(38)36(28(24)37)34(4)16-21-9-6-7-10-25(21)31/h6-7,9-12,15,17,19,27H,8,14,16,18H2,1-5H3/b33-20+. The smallest absolute Gasteiger partial charge is 0.350 e. The Hall–Kier alpha value is -4.50. The van der Waals surface area contributed by atoms with Gasteiger partial charge in [-0.05, 0) is 45.0 Å². The number of halogens is 2. The van der Waals surface area contributed by atoms with Crippen molar-refractivity contribution >= 4 is 5.71 Å². The van der Waals surface area contributed by atoms with Crippen LogP contribution in [0.3, 0.4) is 0 Å². The summed E-state index contributed by atoms with van der Waals surface area (Å²) in [6.07, 6.45) is 0.177. The summed E-state index contributed by atoms with van der Waals surface area (Å²) in [5.74, 6) is -0.725. The van der Waals surface area contributed by atoms with Gasteiger partial charge in [-0.2, -0.15) is 9.94 Å². The summed E-state index contributed by atoms with van der Waals surface area (Å²) in [6.45, 7) is 4.83. The molecule has 0 saturated carbocycles. The highest BCUT2D eigenvalue weighted by Crippen LogP contribution is 2.30. The molecular formula is C29H33F2N5O5. The Balaban J connectivity index is 2.18. The van der Waals surface area contributed by atoms with Crippen molar-refractivity contribution < 1.29 is 23.1 Å². The van der Waals surface area contributed by atoms with Gasteiger partial charge < -0.3 is 19.3 Å². The number of rotatable bonds is 13. The number of benzene rings is 2. The summed E-state index contributed by atoms with van der Waals surface area (Å²) in [7, 11) is 2.90. The van der Waals surface area contributed by atoms with E-state index >= 15 is 0 Å². The van der Waals surface area contributed by atoms with Crippen LogP contribution >= 0.6 is 0 Å². The second kappa shape index (κ2) is 14.2. The number of aromatic nitrogens is 2. The predicted octanol–water partition coefficient (Wildman–Crippen LogP) is 3.89. The molecule has 0 aliphatic rings. The average Bonchev–Trinajstić information content (AvgIpc) is 2.93. The number of nitrogens with zero attached hydrogens (tertiary/aromatic N) is 5. The minimum absolute atomic E-state index is 0.00200. The highest BCUT2D eigenvalue weighted by atomic mass is 19.1. The van der Waals surface area contributed by atoms with Gasteiger partial charge >= 0.3 is 5.69 Å². The molecule has 41 heavy (non-hydrogen) atoms. The zero-order valence-electron chi connectivity index (χ0n) is 23.6. The lowest BCUT2D eigenvalue weighted by Gasteiger charge is -2.25. The molecule has 0 saturated heterocycles. The molecule has 0 aliphatic carbocycles. The molecule has 1 atom stereocenters. The van der Waals surface area contributed by atoms with Crippen LogP contribution in [0.25, 0.3) is 0 Å². The molecule has 0 aliphatic heterocycles. The second-order valence-electron chi connectivity index (χ2n) is 9.49. The van der Waals surface area contributed by atoms with Crippen molar-refractivity contribution in [1.29, 1.82) is 5.26 Å². The van der Waals surface area contributed by atoms with Gasteiger partial charge in [0.2, 0.25) is 0 Å². The summed E-state index contributed by atoms with van der Waals surface area (Å²) in [5, 5.41) is 14.4. The Morgan fingerprint density at radius 1 is 1.17 bits per heavy atom. The van der Waals surface area contributed by atoms with Crippen LogP contribution < -0.4 is 21.0 Å². The SMILES string of the molecule is COc1ccc(F)cc1C(Cn1cc(/C(C)=N/OC(C)C)c(=O)n(N(C)Cc2ccccc2F)c1=O)OCCC#N. The fourth-order valence-electron chi connectivity index (χ4n) is 4.07. The van der Waals surface area contributed by atoms with Crippen molar-refractivity contribution in [3.05, 3.63) is 97.8 Å². The molecule has 0 fully saturated rings. The Morgan fingerprint density at radius 3 is 2.56 bits per heavy atom. The van der Waals surface area contributed by atoms with E-state index in [0.29, 0.717) is 11.3 Å². The zero-order valence-corrected chi connectivity index (χ0v) is 23.6. The molecular weight excluding hydrogens is 536 g/mol. The van der Waals surface area contributed by atoms with Crippen molar-refractivity contribution in [3.8, 4) is 11.8 Å². The molecule has 12 heteroatoms. The van der Waals surface area contributed by atoms with Crippen LogP contribution in [0.1, 0.15) is 50.0 Å². The van der Waals surface area contributed by atoms with Crippen LogP contribution in [0.5, 0.6) is 5.75 Å². The number of hydrogen-bond acceptors (Lipinski definition) is 8. The summed E-state index contributed by atoms with van der Waals surface area (Å²) >= 11 is 0. The number of oxime groups is 1. The molecule has 0 bridgehead atoms. The van der Waals surface area contributed by atoms with E-state index in [1.165, 1.54) is 54.2 Å². The molecule has 10 nitrogen and oxygen atoms in total. The molecule has 1 heterocycles. The first kappa shape index (κ1) is 31.0. The Kier molecular flexibility index (Phi) is 10.8. The first-order valence-electron chi connectivity index (χ1n) is 12.9. The molecule has 0 amide bonds. The van der Waals surface area contributed by atoms with E-state index in [9.17, 15) is 18.4 Å². The summed E-state index contributed by atoms with van der Waals surface area (Å²) in [4.78, 5) is 32.7. The van der Waals surface area contributed by atoms with Gasteiger partial charge in [-0.3, -0.25) is 9.36 Å². The number of methoxy groups -OCH3 is 1. The zero-order chi connectivity index (χ0) is 30.1. The predicted molar refractivity (Wildman–Crippen MR) is 150 cm³/mol. The van der Waals surface area contributed by atoms with E-state index < -0.39 is 29.0 Å². The first-order valence-corrected chi connectivity index (χ1v) is 12.9. The lowest BCUT2D eigenvalue weighted by atomic mass is 10.1. The van der Waals surface area contributed by atoms with Crippen molar-refractivity contribution in [2.24, 2.45) is 5.16 Å². The fraction of sp³-hybridized carbons (Fsp3) is 0.379. The molecule has 1 aromatic heterocycles. The molecule has 0 radical (unpaired) electrons. The van der Waals surface area contributed by atoms with Gasteiger partial charge in [0.25, 0.3) is 5.56 Å². The maximum Gasteiger partial charge on any atom is 0.350 e. The molecule has 2 aromatic carbocycles. The molecule has 3 aromatic rings. The van der Waals surface area contributed by atoms with Crippen LogP contribution in [0.2, 0.25) is 0 Å². The lowest BCUT2D eigenvalue weighted by molar-refractivity contribution is 0.0410. The monoisotopic (exact) mass is 569 g/mol. The van der Waals surface area contributed by atoms with E-state index in [0.717, 1.165) is 4.68 Å². The fourth-order valence-corrected chi connectivity index (χ4v) is 4.07. The van der Waals surface area contributed by atoms with Crippen molar-refractivity contribution in [3.63, 3.8) is 0 Å². The van der Waals surface area contributed by atoms with Gasteiger partial charge in [-0.1, -0.05) is 23.4 Å². The molecule has 1 unspecified atom stereocenters. The normalized spacial score (nSPS) is 12.2. The Labute approximate surface area is 236 Å². The third-order valence-corrected chi connectivity index (χ3v) is 6.06. The largest absolute Gasteiger partial charge is 0.496 e. The van der Waals surface area contributed by atoms with Gasteiger partial charge in [0.1, 0.15) is 29.6 Å². The van der Waals surface area contributed by atoms with Crippen LogP contribution in [0.4, 0.5) is 8.78 Å². The highest BCUT2D eigenvalue weighted by Gasteiger charge is 2.23. The number of hydrogen-bond donors (Lipinski definition) is 0. The van der Waals surface area contributed by atoms with E-state index in [-0.39, 0.29) is 49.1 Å². The average molecular weight is 570 g/mol. The van der Waals surface area contributed by atoms with E-state index in [4.69, 9.17) is 19.6 Å². The second-order valence-corrected chi connectivity index (χ2v) is 9.49. The van der Waals surface area contributed by atoms with Gasteiger partial charge in [-0.25, -0.2) is 13.6 Å². The number of ether oxygens (including phenoxy) is 2. The van der Waals surface area contributed by atoms with E-state index in [1.807, 2.05) is 6.07 Å². The summed E-state index contributed by atoms with van der Waals surface area (Å²) in [5.41, 5.74) is -0.606. The maximum absolute atomic E-state index is 14.4. The summed E-state index contributed by atoms with van der Waals surface area (Å²) in [6, 6.07) is 11.9. The molecule has 218 valence electrons. The third kappa shape index (κ3) is 7.79. The lowest BCUT2D eigenvalue weighted by Crippen LogP contribution is -2.52. The van der Waals surface area contributed by atoms with Crippen LogP contribution in [-0.4, -0.2) is 41.8 Å². The van der Waals surface area contributed by atoms with E-state index in [1.54, 1.807) is 39.0 Å². The van der Waals surface area contributed by atoms with Gasteiger partial charge in [0, 0.05) is 24.4 Å². The van der Waals surface area contributed by atoms with Gasteiger partial charge in [0.15, 0.2) is 0 Å². The minimum atomic E-state index is -0.938. The van der Waals surface area contributed by atoms with Crippen LogP contribution in [0.15, 0.2) is 63.4 Å². The van der Waals surface area contributed by atoms with Crippen molar-refractivity contribution in [2.75, 3.05) is 25.8 Å². The minimum Gasteiger partial charge on any atom is -0.496 e. The van der Waals surface area contributed by atoms with Crippen LogP contribution in [-0.2, 0) is 22.7 Å². The first-order chi connectivity index (χ1) is 19.6. The van der Waals surface area contributed by atoms with Gasteiger partial charge in [-0.15, -0.1) is 0 Å². The quantitative estimate of drug-likeness (QED) is 0.175. The molecule has 0 spiro atoms. The van der Waals surface area contributed by atoms with E-state index in [2.05, 4.69) is 5.16 Å². The van der Waals surface area contributed by atoms with Crippen molar-refractivity contribution in [1.82, 2.24) is 9.24 Å². The molecule has 0 N–H and O–H groups in total. The maximum atomic E-state index is 14.4. The number of nitriles is 1. The third-order valence-electron chi connectivity index (χ3n) is 6.06. The molecule has 3 rings (SSSR count).